The van der Waals surface area contributed by atoms with Crippen LogP contribution in [0.3, 0.4) is 0 Å². The lowest BCUT2D eigenvalue weighted by molar-refractivity contribution is 0.555. The van der Waals surface area contributed by atoms with Gasteiger partial charge in [0.25, 0.3) is 0 Å². The molecule has 0 spiro atoms. The number of hydrogen-bond acceptors (Lipinski definition) is 2. The Kier molecular flexibility index (Phi) is 4.15. The van der Waals surface area contributed by atoms with Crippen LogP contribution in [-0.4, -0.2) is 11.2 Å². The van der Waals surface area contributed by atoms with Crippen LogP contribution < -0.4 is 16.6 Å². The SMILES string of the molecule is NC(=S)NNC1C=C(c2ccc(Br)cc2)CC1. The summed E-state index contributed by atoms with van der Waals surface area (Å²) >= 11 is 8.18. The fraction of sp³-hybridized carbons (Fsp3) is 0.250. The summed E-state index contributed by atoms with van der Waals surface area (Å²) < 4.78 is 1.10. The Labute approximate surface area is 115 Å². The fourth-order valence-corrected chi connectivity index (χ4v) is 2.23. The van der Waals surface area contributed by atoms with Gasteiger partial charge in [0.2, 0.25) is 0 Å². The smallest absolute Gasteiger partial charge is 0.178 e. The summed E-state index contributed by atoms with van der Waals surface area (Å²) in [6.45, 7) is 0. The third-order valence-corrected chi connectivity index (χ3v) is 3.35. The van der Waals surface area contributed by atoms with Gasteiger partial charge in [-0.15, -0.1) is 0 Å². The van der Waals surface area contributed by atoms with Gasteiger partial charge in [-0.2, -0.15) is 0 Å². The number of nitrogens with one attached hydrogen (secondary N) is 2. The van der Waals surface area contributed by atoms with Crippen LogP contribution in [0.15, 0.2) is 34.8 Å². The maximum Gasteiger partial charge on any atom is 0.178 e. The molecule has 1 aromatic rings. The molecule has 1 unspecified atom stereocenters. The van der Waals surface area contributed by atoms with Crippen LogP contribution in [0.5, 0.6) is 0 Å². The number of rotatable bonds is 3. The molecule has 4 N–H and O–H groups in total. The van der Waals surface area contributed by atoms with E-state index in [0.717, 1.165) is 17.3 Å². The van der Waals surface area contributed by atoms with E-state index in [1.807, 2.05) is 0 Å². The lowest BCUT2D eigenvalue weighted by Gasteiger charge is -2.10. The monoisotopic (exact) mass is 311 g/mol. The van der Waals surface area contributed by atoms with E-state index in [9.17, 15) is 0 Å². The maximum absolute atomic E-state index is 5.36. The highest BCUT2D eigenvalue weighted by atomic mass is 79.9. The van der Waals surface area contributed by atoms with Gasteiger partial charge >= 0.3 is 0 Å². The zero-order valence-corrected chi connectivity index (χ0v) is 11.6. The Morgan fingerprint density at radius 1 is 1.35 bits per heavy atom. The molecule has 0 saturated carbocycles. The summed E-state index contributed by atoms with van der Waals surface area (Å²) in [6.07, 6.45) is 4.34. The minimum atomic E-state index is 0.274. The highest BCUT2D eigenvalue weighted by Gasteiger charge is 2.16. The highest BCUT2D eigenvalue weighted by molar-refractivity contribution is 9.10. The zero-order valence-electron chi connectivity index (χ0n) is 9.24. The molecular formula is C12H14BrN3S. The van der Waals surface area contributed by atoms with E-state index >= 15 is 0 Å². The predicted octanol–water partition coefficient (Wildman–Crippen LogP) is 2.33. The molecule has 0 fully saturated rings. The number of hydrazine groups is 1. The molecule has 90 valence electrons. The van der Waals surface area contributed by atoms with E-state index in [0.29, 0.717) is 0 Å². The van der Waals surface area contributed by atoms with Crippen molar-refractivity contribution >= 4 is 38.8 Å². The van der Waals surface area contributed by atoms with Gasteiger partial charge in [0.1, 0.15) is 0 Å². The number of nitrogens with two attached hydrogens (primary N) is 1. The van der Waals surface area contributed by atoms with Gasteiger partial charge in [-0.25, -0.2) is 5.43 Å². The molecular weight excluding hydrogens is 298 g/mol. The first-order valence-corrected chi connectivity index (χ1v) is 6.63. The molecule has 0 heterocycles. The number of thiocarbonyl (C=S) groups is 1. The van der Waals surface area contributed by atoms with E-state index in [2.05, 4.69) is 57.1 Å². The van der Waals surface area contributed by atoms with Gasteiger partial charge in [0.15, 0.2) is 5.11 Å². The quantitative estimate of drug-likeness (QED) is 0.592. The van der Waals surface area contributed by atoms with Crippen molar-refractivity contribution in [1.82, 2.24) is 10.9 Å². The van der Waals surface area contributed by atoms with Crippen LogP contribution >= 0.6 is 28.1 Å². The molecule has 0 aliphatic heterocycles. The summed E-state index contributed by atoms with van der Waals surface area (Å²) in [4.78, 5) is 0. The molecule has 1 aliphatic rings. The van der Waals surface area contributed by atoms with E-state index in [4.69, 9.17) is 18.0 Å². The lowest BCUT2D eigenvalue weighted by Crippen LogP contribution is -2.45. The zero-order chi connectivity index (χ0) is 12.3. The first kappa shape index (κ1) is 12.5. The Bertz CT molecular complexity index is 442. The molecule has 0 amide bonds. The molecule has 1 atom stereocenters. The van der Waals surface area contributed by atoms with Crippen molar-refractivity contribution in [2.45, 2.75) is 18.9 Å². The van der Waals surface area contributed by atoms with Crippen LogP contribution in [0.1, 0.15) is 18.4 Å². The minimum Gasteiger partial charge on any atom is -0.375 e. The van der Waals surface area contributed by atoms with Crippen molar-refractivity contribution in [2.75, 3.05) is 0 Å². The van der Waals surface area contributed by atoms with Gasteiger partial charge in [-0.3, -0.25) is 5.43 Å². The summed E-state index contributed by atoms with van der Waals surface area (Å²) in [6, 6.07) is 8.66. The van der Waals surface area contributed by atoms with E-state index < -0.39 is 0 Å². The van der Waals surface area contributed by atoms with Crippen molar-refractivity contribution in [2.24, 2.45) is 5.73 Å². The summed E-state index contributed by atoms with van der Waals surface area (Å²) in [5.41, 5.74) is 13.9. The van der Waals surface area contributed by atoms with Gasteiger partial charge in [0.05, 0.1) is 0 Å². The molecule has 0 bridgehead atoms. The molecule has 3 nitrogen and oxygen atoms in total. The van der Waals surface area contributed by atoms with Crippen LogP contribution in [0, 0.1) is 0 Å². The molecule has 5 heteroatoms. The van der Waals surface area contributed by atoms with Gasteiger partial charge in [-0.1, -0.05) is 34.1 Å². The minimum absolute atomic E-state index is 0.274. The standard InChI is InChI=1S/C12H14BrN3S/c13-10-4-1-8(2-5-10)9-3-6-11(7-9)15-16-12(14)17/h1-2,4-5,7,11,15H,3,6H2,(H3,14,16,17). The Morgan fingerprint density at radius 3 is 2.71 bits per heavy atom. The molecule has 0 aromatic heterocycles. The summed E-state index contributed by atoms with van der Waals surface area (Å²) in [7, 11) is 0. The number of halogens is 1. The largest absolute Gasteiger partial charge is 0.375 e. The molecule has 2 rings (SSSR count). The van der Waals surface area contributed by atoms with Crippen LogP contribution in [0.4, 0.5) is 0 Å². The lowest BCUT2D eigenvalue weighted by atomic mass is 10.1. The Morgan fingerprint density at radius 2 is 2.06 bits per heavy atom. The third kappa shape index (κ3) is 3.52. The highest BCUT2D eigenvalue weighted by Crippen LogP contribution is 2.28. The second-order valence-corrected chi connectivity index (χ2v) is 5.33. The predicted molar refractivity (Wildman–Crippen MR) is 78.2 cm³/mol. The molecule has 1 aromatic carbocycles. The van der Waals surface area contributed by atoms with E-state index in [1.165, 1.54) is 11.1 Å². The normalized spacial score (nSPS) is 18.9. The van der Waals surface area contributed by atoms with Crippen LogP contribution in [-0.2, 0) is 0 Å². The second kappa shape index (κ2) is 5.62. The van der Waals surface area contributed by atoms with Crippen LogP contribution in [0.2, 0.25) is 0 Å². The fourth-order valence-electron chi connectivity index (χ4n) is 1.90. The molecule has 0 saturated heterocycles. The van der Waals surface area contributed by atoms with Gasteiger partial charge in [0, 0.05) is 10.5 Å². The average Bonchev–Trinajstić information content (AvgIpc) is 2.76. The first-order valence-electron chi connectivity index (χ1n) is 5.43. The van der Waals surface area contributed by atoms with Crippen LogP contribution in [0.25, 0.3) is 5.57 Å². The number of allylic oxidation sites excluding steroid dienone is 1. The first-order chi connectivity index (χ1) is 8.15. The van der Waals surface area contributed by atoms with Gasteiger partial charge in [-0.05, 0) is 48.3 Å². The van der Waals surface area contributed by atoms with E-state index in [-0.39, 0.29) is 11.2 Å². The topological polar surface area (TPSA) is 50.1 Å². The third-order valence-electron chi connectivity index (χ3n) is 2.72. The maximum atomic E-state index is 5.36. The number of hydrogen-bond donors (Lipinski definition) is 3. The average molecular weight is 312 g/mol. The van der Waals surface area contributed by atoms with Crippen molar-refractivity contribution < 1.29 is 0 Å². The van der Waals surface area contributed by atoms with E-state index in [1.54, 1.807) is 0 Å². The second-order valence-electron chi connectivity index (χ2n) is 3.98. The van der Waals surface area contributed by atoms with Crippen molar-refractivity contribution in [3.8, 4) is 0 Å². The summed E-state index contributed by atoms with van der Waals surface area (Å²) in [5.74, 6) is 0. The summed E-state index contributed by atoms with van der Waals surface area (Å²) in [5, 5.41) is 0.274. The Balaban J connectivity index is 2.01. The Hall–Kier alpha value is -0.910. The van der Waals surface area contributed by atoms with Crippen molar-refractivity contribution in [1.29, 1.82) is 0 Å². The molecule has 0 radical (unpaired) electrons. The molecule has 1 aliphatic carbocycles. The number of benzene rings is 1. The van der Waals surface area contributed by atoms with Crippen molar-refractivity contribution in [3.05, 3.63) is 40.4 Å². The molecule has 17 heavy (non-hydrogen) atoms. The van der Waals surface area contributed by atoms with Crippen molar-refractivity contribution in [3.63, 3.8) is 0 Å². The van der Waals surface area contributed by atoms with Gasteiger partial charge < -0.3 is 5.73 Å².